The quantitative estimate of drug-likeness (QED) is 0.820. The average Bonchev–Trinajstić information content (AvgIpc) is 2.76. The number of benzene rings is 1. The first-order chi connectivity index (χ1) is 9.40. The lowest BCUT2D eigenvalue weighted by molar-refractivity contribution is 0.456. The van der Waals surface area contributed by atoms with Crippen LogP contribution in [0.1, 0.15) is 64.0 Å². The Balaban J connectivity index is 2.51. The van der Waals surface area contributed by atoms with Gasteiger partial charge in [-0.1, -0.05) is 33.8 Å². The monoisotopic (exact) mass is 273 g/mol. The molecular formula is C18H27NO. The van der Waals surface area contributed by atoms with E-state index < -0.39 is 0 Å². The number of fused-ring (bicyclic) bond motifs is 1. The van der Waals surface area contributed by atoms with Crippen molar-refractivity contribution in [2.75, 3.05) is 6.54 Å². The van der Waals surface area contributed by atoms with Crippen molar-refractivity contribution in [3.8, 4) is 0 Å². The Bertz CT molecular complexity index is 595. The fourth-order valence-electron chi connectivity index (χ4n) is 2.68. The van der Waals surface area contributed by atoms with Crippen molar-refractivity contribution >= 4 is 11.0 Å². The van der Waals surface area contributed by atoms with Gasteiger partial charge < -0.3 is 9.73 Å². The van der Waals surface area contributed by atoms with Gasteiger partial charge >= 0.3 is 0 Å². The van der Waals surface area contributed by atoms with Gasteiger partial charge in [-0.25, -0.2) is 0 Å². The smallest absolute Gasteiger partial charge is 0.134 e. The third-order valence-corrected chi connectivity index (χ3v) is 4.54. The molecular weight excluding hydrogens is 246 g/mol. The summed E-state index contributed by atoms with van der Waals surface area (Å²) in [5.74, 6) is 1.06. The molecule has 1 aromatic carbocycles. The number of furan rings is 1. The standard InChI is InChI=1S/C18H27NO/c1-7-18(5,6)14-9-10-16-15(11-14)12(3)17(20-16)13(4)19-8-2/h9-11,13,19H,7-8H2,1-6H3. The van der Waals surface area contributed by atoms with Crippen LogP contribution in [-0.2, 0) is 5.41 Å². The van der Waals surface area contributed by atoms with Crippen LogP contribution in [0.3, 0.4) is 0 Å². The number of nitrogens with one attached hydrogen (secondary N) is 1. The van der Waals surface area contributed by atoms with Crippen LogP contribution in [0.15, 0.2) is 22.6 Å². The fourth-order valence-corrected chi connectivity index (χ4v) is 2.68. The van der Waals surface area contributed by atoms with Crippen molar-refractivity contribution in [2.45, 2.75) is 59.4 Å². The van der Waals surface area contributed by atoms with E-state index in [2.05, 4.69) is 65.1 Å². The summed E-state index contributed by atoms with van der Waals surface area (Å²) in [4.78, 5) is 0. The minimum atomic E-state index is 0.214. The van der Waals surface area contributed by atoms with Gasteiger partial charge in [0.15, 0.2) is 0 Å². The second kappa shape index (κ2) is 5.61. The predicted octanol–water partition coefficient (Wildman–Crippen LogP) is 5.10. The summed E-state index contributed by atoms with van der Waals surface area (Å²) in [5, 5.41) is 4.68. The van der Waals surface area contributed by atoms with Crippen molar-refractivity contribution in [1.82, 2.24) is 5.32 Å². The summed E-state index contributed by atoms with van der Waals surface area (Å²) in [5.41, 5.74) is 3.87. The maximum Gasteiger partial charge on any atom is 0.134 e. The van der Waals surface area contributed by atoms with Gasteiger partial charge in [-0.05, 0) is 55.5 Å². The van der Waals surface area contributed by atoms with Crippen LogP contribution in [-0.4, -0.2) is 6.54 Å². The van der Waals surface area contributed by atoms with Gasteiger partial charge in [0.1, 0.15) is 11.3 Å². The molecule has 0 amide bonds. The highest BCUT2D eigenvalue weighted by atomic mass is 16.3. The first-order valence-electron chi connectivity index (χ1n) is 7.67. The van der Waals surface area contributed by atoms with Gasteiger partial charge in [0.05, 0.1) is 6.04 Å². The summed E-state index contributed by atoms with van der Waals surface area (Å²) in [6.07, 6.45) is 1.13. The Hall–Kier alpha value is -1.28. The van der Waals surface area contributed by atoms with E-state index in [1.807, 2.05) is 0 Å². The van der Waals surface area contributed by atoms with Crippen molar-refractivity contribution in [3.05, 3.63) is 35.1 Å². The molecule has 0 aliphatic carbocycles. The maximum absolute atomic E-state index is 6.05. The first kappa shape index (κ1) is 15.1. The molecule has 20 heavy (non-hydrogen) atoms. The average molecular weight is 273 g/mol. The maximum atomic E-state index is 6.05. The molecule has 1 heterocycles. The molecule has 2 heteroatoms. The van der Waals surface area contributed by atoms with E-state index in [4.69, 9.17) is 4.42 Å². The summed E-state index contributed by atoms with van der Waals surface area (Å²) in [6.45, 7) is 14.2. The van der Waals surface area contributed by atoms with Crippen LogP contribution in [0, 0.1) is 6.92 Å². The second-order valence-corrected chi connectivity index (χ2v) is 6.32. The van der Waals surface area contributed by atoms with Gasteiger partial charge in [-0.2, -0.15) is 0 Å². The second-order valence-electron chi connectivity index (χ2n) is 6.32. The fraction of sp³-hybridized carbons (Fsp3) is 0.556. The lowest BCUT2D eigenvalue weighted by Crippen LogP contribution is -2.17. The molecule has 1 aromatic heterocycles. The normalized spacial score (nSPS) is 13.9. The molecule has 0 saturated heterocycles. The van der Waals surface area contributed by atoms with Crippen molar-refractivity contribution in [1.29, 1.82) is 0 Å². The molecule has 0 aliphatic rings. The van der Waals surface area contributed by atoms with Crippen LogP contribution in [0.25, 0.3) is 11.0 Å². The topological polar surface area (TPSA) is 25.2 Å². The number of hydrogen-bond donors (Lipinski definition) is 1. The van der Waals surface area contributed by atoms with Gasteiger partial charge in [0.25, 0.3) is 0 Å². The van der Waals surface area contributed by atoms with E-state index in [9.17, 15) is 0 Å². The van der Waals surface area contributed by atoms with Gasteiger partial charge in [-0.3, -0.25) is 0 Å². The molecule has 1 unspecified atom stereocenters. The predicted molar refractivity (Wildman–Crippen MR) is 86.4 cm³/mol. The van der Waals surface area contributed by atoms with E-state index in [-0.39, 0.29) is 11.5 Å². The number of rotatable bonds is 5. The highest BCUT2D eigenvalue weighted by molar-refractivity contribution is 5.83. The van der Waals surface area contributed by atoms with Gasteiger partial charge in [0.2, 0.25) is 0 Å². The Morgan fingerprint density at radius 3 is 2.55 bits per heavy atom. The van der Waals surface area contributed by atoms with E-state index in [0.717, 1.165) is 24.3 Å². The highest BCUT2D eigenvalue weighted by Gasteiger charge is 2.21. The summed E-state index contributed by atoms with van der Waals surface area (Å²) in [6, 6.07) is 6.89. The zero-order valence-electron chi connectivity index (χ0n) is 13.6. The summed E-state index contributed by atoms with van der Waals surface area (Å²) in [7, 11) is 0. The third-order valence-electron chi connectivity index (χ3n) is 4.54. The molecule has 2 aromatic rings. The summed E-state index contributed by atoms with van der Waals surface area (Å²) < 4.78 is 6.05. The zero-order chi connectivity index (χ0) is 14.9. The van der Waals surface area contributed by atoms with Gasteiger partial charge in [0, 0.05) is 5.39 Å². The van der Waals surface area contributed by atoms with Crippen LogP contribution in [0.4, 0.5) is 0 Å². The molecule has 0 spiro atoms. The third kappa shape index (κ3) is 2.62. The van der Waals surface area contributed by atoms with Gasteiger partial charge in [-0.15, -0.1) is 0 Å². The molecule has 110 valence electrons. The lowest BCUT2D eigenvalue weighted by atomic mass is 9.82. The summed E-state index contributed by atoms with van der Waals surface area (Å²) >= 11 is 0. The SMILES string of the molecule is CCNC(C)c1oc2ccc(C(C)(C)CC)cc2c1C. The van der Waals surface area contributed by atoms with Crippen LogP contribution in [0.2, 0.25) is 0 Å². The molecule has 2 nitrogen and oxygen atoms in total. The highest BCUT2D eigenvalue weighted by Crippen LogP contribution is 2.34. The van der Waals surface area contributed by atoms with E-state index in [1.165, 1.54) is 16.5 Å². The van der Waals surface area contributed by atoms with Crippen molar-refractivity contribution in [3.63, 3.8) is 0 Å². The Labute approximate surface area is 122 Å². The Morgan fingerprint density at radius 1 is 1.25 bits per heavy atom. The molecule has 0 fully saturated rings. The minimum Gasteiger partial charge on any atom is -0.459 e. The van der Waals surface area contributed by atoms with Crippen LogP contribution in [0.5, 0.6) is 0 Å². The van der Waals surface area contributed by atoms with Crippen LogP contribution >= 0.6 is 0 Å². The zero-order valence-corrected chi connectivity index (χ0v) is 13.6. The molecule has 0 aliphatic heterocycles. The molecule has 0 bridgehead atoms. The Kier molecular flexibility index (Phi) is 4.24. The Morgan fingerprint density at radius 2 is 1.95 bits per heavy atom. The molecule has 0 saturated carbocycles. The number of aryl methyl sites for hydroxylation is 1. The molecule has 1 N–H and O–H groups in total. The van der Waals surface area contributed by atoms with E-state index in [0.29, 0.717) is 0 Å². The van der Waals surface area contributed by atoms with E-state index in [1.54, 1.807) is 0 Å². The largest absolute Gasteiger partial charge is 0.459 e. The molecule has 1 atom stereocenters. The number of hydrogen-bond acceptors (Lipinski definition) is 2. The molecule has 0 radical (unpaired) electrons. The minimum absolute atomic E-state index is 0.214. The van der Waals surface area contributed by atoms with Crippen LogP contribution < -0.4 is 5.32 Å². The van der Waals surface area contributed by atoms with Crippen molar-refractivity contribution < 1.29 is 4.42 Å². The first-order valence-corrected chi connectivity index (χ1v) is 7.67. The van der Waals surface area contributed by atoms with E-state index >= 15 is 0 Å². The van der Waals surface area contributed by atoms with Crippen molar-refractivity contribution in [2.24, 2.45) is 0 Å². The lowest BCUT2D eigenvalue weighted by Gasteiger charge is -2.23. The molecule has 2 rings (SSSR count).